The van der Waals surface area contributed by atoms with Crippen LogP contribution in [0.1, 0.15) is 80.8 Å². The summed E-state index contributed by atoms with van der Waals surface area (Å²) in [5.41, 5.74) is 25.4. The molecule has 14 rings (SSSR count). The highest BCUT2D eigenvalue weighted by Gasteiger charge is 2.63. The summed E-state index contributed by atoms with van der Waals surface area (Å²) in [7, 11) is 3.58. The molecule has 0 spiro atoms. The quantitative estimate of drug-likeness (QED) is 0.0123. The van der Waals surface area contributed by atoms with Gasteiger partial charge in [-0.25, -0.2) is 24.0 Å². The van der Waals surface area contributed by atoms with Gasteiger partial charge in [0.15, 0.2) is 55.9 Å². The van der Waals surface area contributed by atoms with Crippen molar-refractivity contribution in [2.75, 3.05) is 27.9 Å². The maximum atomic E-state index is 15.1. The third-order valence-electron chi connectivity index (χ3n) is 22.2. The Morgan fingerprint density at radius 1 is 0.368 bits per heavy atom. The molecule has 33 heteroatoms. The zero-order valence-corrected chi connectivity index (χ0v) is 69.2. The van der Waals surface area contributed by atoms with Gasteiger partial charge in [-0.15, -0.1) is 0 Å². The maximum Gasteiger partial charge on any atom is 0.408 e. The van der Waals surface area contributed by atoms with Crippen molar-refractivity contribution in [1.29, 1.82) is 0 Å². The predicted octanol–water partition coefficient (Wildman–Crippen LogP) is 12.4. The van der Waals surface area contributed by atoms with Crippen molar-refractivity contribution in [1.82, 2.24) is 5.32 Å². The number of carbonyl (C=O) groups is 5. The molecule has 0 bridgehead atoms. The maximum absolute atomic E-state index is 15.1. The number of alkyl carbamates (subject to hydrolysis) is 1. The molecule has 658 valence electrons. The number of methoxy groups -OCH3 is 3. The number of rotatable bonds is 38. The molecule has 125 heavy (non-hydrogen) atoms. The summed E-state index contributed by atoms with van der Waals surface area (Å²) in [5, 5.41) is 11.3. The highest BCUT2D eigenvalue weighted by molar-refractivity contribution is 5.90. The van der Waals surface area contributed by atoms with Crippen LogP contribution in [-0.2, 0) is 149 Å². The summed E-state index contributed by atoms with van der Waals surface area (Å²) in [4.78, 5) is 80.0. The van der Waals surface area contributed by atoms with Crippen LogP contribution in [0.3, 0.4) is 0 Å². The molecule has 25 atom stereocenters. The first kappa shape index (κ1) is 90.1. The van der Waals surface area contributed by atoms with Crippen molar-refractivity contribution in [3.05, 3.63) is 308 Å². The first-order valence-corrected chi connectivity index (χ1v) is 41.3. The van der Waals surface area contributed by atoms with Gasteiger partial charge in [0.25, 0.3) is 0 Å². The predicted molar refractivity (Wildman–Crippen MR) is 440 cm³/mol. The van der Waals surface area contributed by atoms with Crippen LogP contribution in [0, 0.1) is 0 Å². The summed E-state index contributed by atoms with van der Waals surface area (Å²) < 4.78 is 140. The van der Waals surface area contributed by atoms with Gasteiger partial charge in [0.05, 0.1) is 77.2 Å². The first-order valence-electron chi connectivity index (χ1n) is 41.3. The minimum absolute atomic E-state index is 0.0493. The molecule has 1 amide bonds. The van der Waals surface area contributed by atoms with Crippen LogP contribution >= 0.6 is 0 Å². The number of carbonyl (C=O) groups excluding carboxylic acids is 5. The van der Waals surface area contributed by atoms with E-state index in [9.17, 15) is 20.7 Å². The monoisotopic (exact) mass is 1720 g/mol. The van der Waals surface area contributed by atoms with Crippen molar-refractivity contribution < 1.29 is 123 Å². The molecule has 6 aliphatic rings. The van der Waals surface area contributed by atoms with Gasteiger partial charge in [0.1, 0.15) is 91.9 Å². The molecule has 0 radical (unpaired) electrons. The van der Waals surface area contributed by atoms with Gasteiger partial charge in [0.2, 0.25) is 0 Å². The normalized spacial score (nSPS) is 30.0. The van der Waals surface area contributed by atoms with Gasteiger partial charge in [0, 0.05) is 16.9 Å². The van der Waals surface area contributed by atoms with Crippen LogP contribution in [0.4, 0.5) is 4.79 Å². The van der Waals surface area contributed by atoms with Crippen LogP contribution < -0.4 is 5.32 Å². The second-order valence-corrected chi connectivity index (χ2v) is 30.2. The Morgan fingerprint density at radius 2 is 0.712 bits per heavy atom. The van der Waals surface area contributed by atoms with E-state index < -0.39 is 190 Å². The van der Waals surface area contributed by atoms with Crippen LogP contribution in [-0.4, -0.2) is 211 Å². The van der Waals surface area contributed by atoms with Crippen LogP contribution in [0.2, 0.25) is 0 Å². The van der Waals surface area contributed by atoms with Crippen molar-refractivity contribution in [3.63, 3.8) is 0 Å². The summed E-state index contributed by atoms with van der Waals surface area (Å²) >= 11 is 0. The number of esters is 4. The molecule has 6 fully saturated rings. The van der Waals surface area contributed by atoms with Gasteiger partial charge in [-0.1, -0.05) is 242 Å². The average molecular weight is 1720 g/mol. The largest absolute Gasteiger partial charge is 0.467 e. The van der Waals surface area contributed by atoms with Gasteiger partial charge in [-0.05, 0) is 81.6 Å². The lowest BCUT2D eigenvalue weighted by Gasteiger charge is -2.51. The highest BCUT2D eigenvalue weighted by atomic mass is 16.8. The second kappa shape index (κ2) is 44.7. The number of fused-ring (bicyclic) bond motifs is 1. The van der Waals surface area contributed by atoms with Crippen molar-refractivity contribution in [2.45, 2.75) is 220 Å². The molecule has 0 aromatic heterocycles. The number of nitrogens with one attached hydrogen (secondary N) is 1. The third kappa shape index (κ3) is 22.6. The fourth-order valence-corrected chi connectivity index (χ4v) is 16.0. The van der Waals surface area contributed by atoms with E-state index in [1.807, 2.05) is 134 Å². The number of hydrogen-bond donors (Lipinski definition) is 1. The van der Waals surface area contributed by atoms with Crippen LogP contribution in [0.15, 0.2) is 253 Å². The van der Waals surface area contributed by atoms with Gasteiger partial charge < -0.3 is 105 Å². The molecule has 0 aliphatic carbocycles. The zero-order valence-electron chi connectivity index (χ0n) is 69.2. The number of amides is 1. The Kier molecular flexibility index (Phi) is 32.2. The Balaban J connectivity index is 0.824. The number of nitrogens with zero attached hydrogens (tertiary/aromatic N) is 6. The van der Waals surface area contributed by atoms with Crippen molar-refractivity contribution in [2.24, 2.45) is 10.2 Å². The van der Waals surface area contributed by atoms with Crippen molar-refractivity contribution in [3.8, 4) is 0 Å². The summed E-state index contributed by atoms with van der Waals surface area (Å²) in [6, 6.07) is 67.2. The van der Waals surface area contributed by atoms with Crippen molar-refractivity contribution >= 4 is 30.0 Å². The number of hydrogen-bond acceptors (Lipinski definition) is 28. The Hall–Kier alpha value is -11.1. The molecule has 10 unspecified atom stereocenters. The lowest BCUT2D eigenvalue weighted by molar-refractivity contribution is -0.379. The molecule has 0 saturated carbocycles. The molecule has 6 aliphatic heterocycles. The minimum Gasteiger partial charge on any atom is -0.467 e. The molecule has 33 nitrogen and oxygen atoms in total. The standard InChI is InChI=1S/C92H99N7O26/c1-6-63-69(108-48-55-32-16-8-17-33-55)72(109-49-56-34-18-9-19-35-56)68(97-99-94)89(115-63)122-77-75(111-51-58-38-22-11-23-39-58)81(113-53-60-42-26-13-27-43-60)90(123-79(77)85(102)105-3)119-70-64(7-2)116-88(66-74(70)125-92(104)95-66)121-78-76(112-52-59-40-24-12-25-41-59)82(118-84(101)62-46-30-15-31-47-62)91(124-80(78)86(103)106-4)120-71-65(54-114-83(100)61-44-28-14-29-45-61)117-87(107-5)67(96-98-93)73(71)110-50-57-36-20-10-21-37-57/h8-47,63-82,87-91H,6-7,48-54H2,1-5H3,(H,95,104)/t63?,64?,65?,66?,67?,68?,69-,70-,71-,72+,73+,74-,75-,76+,77+,78-,79?,80?,81?,82?,87+,88+,89-,90-,91-/m1/s1. The number of ether oxygens (including phenoxy) is 21. The number of benzene rings is 8. The lowest BCUT2D eigenvalue weighted by atomic mass is 9.93. The molecule has 8 aromatic carbocycles. The zero-order chi connectivity index (χ0) is 87.0. The van der Waals surface area contributed by atoms with Crippen LogP contribution in [0.25, 0.3) is 20.9 Å². The average Bonchev–Trinajstić information content (AvgIpc) is 1.72. The van der Waals surface area contributed by atoms with E-state index in [-0.39, 0.29) is 57.2 Å². The first-order chi connectivity index (χ1) is 61.2. The van der Waals surface area contributed by atoms with E-state index in [0.29, 0.717) is 28.7 Å². The summed E-state index contributed by atoms with van der Waals surface area (Å²) in [6.45, 7) is 2.63. The molecule has 6 heterocycles. The van der Waals surface area contributed by atoms with Gasteiger partial charge in [-0.2, -0.15) is 0 Å². The topological polar surface area (TPSA) is 389 Å². The Labute approximate surface area is 721 Å². The Bertz CT molecular complexity index is 4840. The number of azide groups is 2. The highest BCUT2D eigenvalue weighted by Crippen LogP contribution is 2.43. The van der Waals surface area contributed by atoms with E-state index >= 15 is 14.4 Å². The summed E-state index contributed by atoms with van der Waals surface area (Å²) in [5.74, 6) is -3.76. The fourth-order valence-electron chi connectivity index (χ4n) is 16.0. The van der Waals surface area contributed by atoms with E-state index in [1.54, 1.807) is 110 Å². The van der Waals surface area contributed by atoms with Crippen LogP contribution in [0.5, 0.6) is 0 Å². The van der Waals surface area contributed by atoms with E-state index in [1.165, 1.54) is 19.2 Å². The minimum atomic E-state index is -1.96. The SMILES string of the molecule is CCC1O[C@@H](O[C@H]2C(C(=O)OC)O[C@@H](O[C@@H]3C(COC(=O)c4ccccc4)O[C@H](OC)C(N=[N+]=[N-])[C@@H]3OCc3ccccc3)C(OC(=O)c3ccccc3)[C@H]2OCc2ccccc2)C2NC(=O)O[C@H]2[C@@H]1O[C@@H]1OC(C(=O)OC)[C@@H](O[C@H]2OC(CC)[C@@H](OCc3ccccc3)[C@@H](OCc3ccccc3)C2N=[N+]=[N-])[C@@H](OCc2ccccc2)C1OCc1ccccc1. The smallest absolute Gasteiger partial charge is 0.408 e. The van der Waals surface area contributed by atoms with Gasteiger partial charge in [-0.3, -0.25) is 0 Å². The molecule has 1 N–H and O–H groups in total. The fraction of sp³-hybridized carbons (Fsp3) is 0.424. The lowest BCUT2D eigenvalue weighted by Crippen LogP contribution is -2.69. The molecular formula is C92H99N7O26. The second-order valence-electron chi connectivity index (χ2n) is 30.2. The molecule has 8 aromatic rings. The molecule has 6 saturated heterocycles. The summed E-state index contributed by atoms with van der Waals surface area (Å²) in [6.07, 6.45) is -33.4. The Morgan fingerprint density at radius 3 is 1.14 bits per heavy atom. The third-order valence-corrected chi connectivity index (χ3v) is 22.2. The van der Waals surface area contributed by atoms with E-state index in [2.05, 4.69) is 25.4 Å². The van der Waals surface area contributed by atoms with E-state index in [0.717, 1.165) is 25.3 Å². The van der Waals surface area contributed by atoms with Gasteiger partial charge >= 0.3 is 30.0 Å². The van der Waals surface area contributed by atoms with E-state index in [4.69, 9.17) is 99.5 Å². The molecular weight excluding hydrogens is 1620 g/mol.